The third kappa shape index (κ3) is 5.57. The highest BCUT2D eigenvalue weighted by molar-refractivity contribution is 6.06. The number of para-hydroxylation sites is 2. The first kappa shape index (κ1) is 34.2. The summed E-state index contributed by atoms with van der Waals surface area (Å²) in [4.78, 5) is 4.74. The molecule has 2 aliphatic carbocycles. The molecule has 0 bridgehead atoms. The van der Waals surface area contributed by atoms with Crippen molar-refractivity contribution in [1.82, 2.24) is 0 Å². The van der Waals surface area contributed by atoms with Crippen molar-refractivity contribution in [2.75, 3.05) is 9.80 Å². The molecule has 1 aliphatic heterocycles. The molecule has 3 aliphatic rings. The molecule has 8 aromatic carbocycles. The summed E-state index contributed by atoms with van der Waals surface area (Å²) >= 11 is 0. The second-order valence-corrected chi connectivity index (χ2v) is 16.1. The minimum Gasteiger partial charge on any atom is -0.456 e. The van der Waals surface area contributed by atoms with Gasteiger partial charge in [0.05, 0.1) is 5.69 Å². The molecule has 8 aromatic rings. The SMILES string of the molecule is CC1(C)c2ccccc2-c2ccc(N(C3=CCC(c4ccccc4)C=C3)c3cc4c5c(cccc5c3)-c3cc(N(c5ccccc5)c5ccccc5)ccc3O4)cc21. The molecule has 0 N–H and O–H groups in total. The molecular weight excluding hydrogens is 705 g/mol. The number of hydrogen-bond donors (Lipinski definition) is 0. The van der Waals surface area contributed by atoms with Crippen LogP contribution in [0.3, 0.4) is 0 Å². The number of nitrogens with zero attached hydrogens (tertiary/aromatic N) is 2. The molecule has 278 valence electrons. The van der Waals surface area contributed by atoms with Gasteiger partial charge in [0.25, 0.3) is 0 Å². The minimum atomic E-state index is -0.116. The van der Waals surface area contributed by atoms with Gasteiger partial charge in [0.2, 0.25) is 0 Å². The van der Waals surface area contributed by atoms with E-state index in [1.807, 2.05) is 0 Å². The molecule has 11 rings (SSSR count). The Labute approximate surface area is 340 Å². The van der Waals surface area contributed by atoms with E-state index in [2.05, 4.69) is 224 Å². The minimum absolute atomic E-state index is 0.116. The average molecular weight is 747 g/mol. The predicted octanol–water partition coefficient (Wildman–Crippen LogP) is 15.2. The first-order valence-corrected chi connectivity index (χ1v) is 20.3. The van der Waals surface area contributed by atoms with Crippen LogP contribution in [-0.4, -0.2) is 0 Å². The van der Waals surface area contributed by atoms with Crippen LogP contribution in [0.4, 0.5) is 28.4 Å². The molecule has 0 saturated carbocycles. The van der Waals surface area contributed by atoms with Crippen LogP contribution in [0.15, 0.2) is 206 Å². The molecule has 0 fully saturated rings. The van der Waals surface area contributed by atoms with Gasteiger partial charge in [-0.2, -0.15) is 0 Å². The molecule has 0 amide bonds. The standard InChI is InChI=1S/C55H42N2O/c1-55(2)50-24-13-12-22-46(50)47-31-29-44(35-51(47)55)57(42-27-25-38(26-28-42)37-15-6-3-7-16-37)45-33-39-17-14-23-48-49-34-43(30-32-52(49)58-53(36-45)54(39)48)56(40-18-8-4-9-19-40)41-20-10-5-11-21-41/h3-25,27-36,38H,26H2,1-2H3. The van der Waals surface area contributed by atoms with E-state index in [9.17, 15) is 0 Å². The smallest absolute Gasteiger partial charge is 0.138 e. The van der Waals surface area contributed by atoms with Crippen LogP contribution >= 0.6 is 0 Å². The van der Waals surface area contributed by atoms with Gasteiger partial charge >= 0.3 is 0 Å². The largest absolute Gasteiger partial charge is 0.456 e. The molecule has 1 heterocycles. The van der Waals surface area contributed by atoms with Crippen molar-refractivity contribution in [3.05, 3.63) is 223 Å². The van der Waals surface area contributed by atoms with Gasteiger partial charge in [-0.25, -0.2) is 0 Å². The first-order valence-electron chi connectivity index (χ1n) is 20.3. The maximum atomic E-state index is 6.95. The van der Waals surface area contributed by atoms with Crippen molar-refractivity contribution < 1.29 is 4.74 Å². The fraction of sp³-hybridized carbons (Fsp3) is 0.0909. The van der Waals surface area contributed by atoms with Gasteiger partial charge in [0, 0.05) is 56.8 Å². The number of allylic oxidation sites excluding steroid dienone is 3. The van der Waals surface area contributed by atoms with Crippen LogP contribution in [0, 0.1) is 0 Å². The Morgan fingerprint density at radius 3 is 1.88 bits per heavy atom. The van der Waals surface area contributed by atoms with Crippen LogP contribution in [0.2, 0.25) is 0 Å². The maximum Gasteiger partial charge on any atom is 0.138 e. The molecular formula is C55H42N2O. The van der Waals surface area contributed by atoms with Crippen LogP contribution in [0.5, 0.6) is 11.5 Å². The normalized spacial score (nSPS) is 15.5. The summed E-state index contributed by atoms with van der Waals surface area (Å²) in [6, 6.07) is 65.7. The van der Waals surface area contributed by atoms with Crippen molar-refractivity contribution in [2.24, 2.45) is 0 Å². The Balaban J connectivity index is 1.04. The van der Waals surface area contributed by atoms with E-state index in [1.165, 1.54) is 33.4 Å². The predicted molar refractivity (Wildman–Crippen MR) is 241 cm³/mol. The van der Waals surface area contributed by atoms with Gasteiger partial charge in [0.1, 0.15) is 11.5 Å². The van der Waals surface area contributed by atoms with Crippen molar-refractivity contribution in [2.45, 2.75) is 31.6 Å². The zero-order valence-corrected chi connectivity index (χ0v) is 32.6. The molecule has 0 aromatic heterocycles. The summed E-state index contributed by atoms with van der Waals surface area (Å²) in [6.45, 7) is 4.71. The first-order chi connectivity index (χ1) is 28.5. The summed E-state index contributed by atoms with van der Waals surface area (Å²) in [5.74, 6) is 2.06. The fourth-order valence-corrected chi connectivity index (χ4v) is 9.48. The summed E-state index contributed by atoms with van der Waals surface area (Å²) in [6.07, 6.45) is 8.00. The van der Waals surface area contributed by atoms with Crippen molar-refractivity contribution >= 4 is 39.2 Å². The van der Waals surface area contributed by atoms with E-state index in [0.717, 1.165) is 68.4 Å². The van der Waals surface area contributed by atoms with E-state index >= 15 is 0 Å². The van der Waals surface area contributed by atoms with E-state index in [-0.39, 0.29) is 5.41 Å². The molecule has 1 unspecified atom stereocenters. The zero-order chi connectivity index (χ0) is 38.8. The van der Waals surface area contributed by atoms with Gasteiger partial charge in [-0.3, -0.25) is 0 Å². The number of benzene rings is 8. The van der Waals surface area contributed by atoms with Crippen molar-refractivity contribution in [3.63, 3.8) is 0 Å². The van der Waals surface area contributed by atoms with Crippen LogP contribution < -0.4 is 14.5 Å². The monoisotopic (exact) mass is 746 g/mol. The second kappa shape index (κ2) is 13.5. The topological polar surface area (TPSA) is 15.7 Å². The zero-order valence-electron chi connectivity index (χ0n) is 32.6. The second-order valence-electron chi connectivity index (χ2n) is 16.1. The summed E-state index contributed by atoms with van der Waals surface area (Å²) < 4.78 is 6.95. The number of fused-ring (bicyclic) bond motifs is 5. The lowest BCUT2D eigenvalue weighted by atomic mass is 9.82. The maximum absolute atomic E-state index is 6.95. The lowest BCUT2D eigenvalue weighted by molar-refractivity contribution is 0.487. The van der Waals surface area contributed by atoms with E-state index < -0.39 is 0 Å². The quantitative estimate of drug-likeness (QED) is 0.162. The van der Waals surface area contributed by atoms with Crippen molar-refractivity contribution in [3.8, 4) is 33.8 Å². The van der Waals surface area contributed by atoms with E-state index in [0.29, 0.717) is 5.92 Å². The van der Waals surface area contributed by atoms with Gasteiger partial charge < -0.3 is 14.5 Å². The molecule has 1 atom stereocenters. The van der Waals surface area contributed by atoms with Gasteiger partial charge in [-0.1, -0.05) is 141 Å². The third-order valence-electron chi connectivity index (χ3n) is 12.3. The Bertz CT molecular complexity index is 2890. The highest BCUT2D eigenvalue weighted by Crippen LogP contribution is 2.53. The lowest BCUT2D eigenvalue weighted by Gasteiger charge is -2.32. The molecule has 3 nitrogen and oxygen atoms in total. The Morgan fingerprint density at radius 1 is 0.483 bits per heavy atom. The number of ether oxygens (including phenoxy) is 1. The molecule has 58 heavy (non-hydrogen) atoms. The number of hydrogen-bond acceptors (Lipinski definition) is 3. The number of anilines is 5. The number of rotatable bonds is 7. The van der Waals surface area contributed by atoms with Crippen LogP contribution in [0.25, 0.3) is 33.0 Å². The summed E-state index contributed by atoms with van der Waals surface area (Å²) in [7, 11) is 0. The summed E-state index contributed by atoms with van der Waals surface area (Å²) in [5.41, 5.74) is 15.5. The Kier molecular flexibility index (Phi) is 7.97. The molecule has 0 saturated heterocycles. The molecule has 3 heteroatoms. The van der Waals surface area contributed by atoms with Gasteiger partial charge in [-0.05, 0) is 112 Å². The fourth-order valence-electron chi connectivity index (χ4n) is 9.48. The van der Waals surface area contributed by atoms with E-state index in [1.54, 1.807) is 0 Å². The molecule has 0 spiro atoms. The van der Waals surface area contributed by atoms with Gasteiger partial charge in [0.15, 0.2) is 0 Å². The summed E-state index contributed by atoms with van der Waals surface area (Å²) in [5, 5.41) is 2.27. The van der Waals surface area contributed by atoms with Crippen LogP contribution in [0.1, 0.15) is 42.9 Å². The third-order valence-corrected chi connectivity index (χ3v) is 12.3. The lowest BCUT2D eigenvalue weighted by Crippen LogP contribution is -2.19. The average Bonchev–Trinajstić information content (AvgIpc) is 3.50. The van der Waals surface area contributed by atoms with Gasteiger partial charge in [-0.15, -0.1) is 0 Å². The highest BCUT2D eigenvalue weighted by Gasteiger charge is 2.36. The Hall–Kier alpha value is -7.10. The van der Waals surface area contributed by atoms with E-state index in [4.69, 9.17) is 4.74 Å². The van der Waals surface area contributed by atoms with Crippen LogP contribution in [-0.2, 0) is 5.41 Å². The molecule has 0 radical (unpaired) electrons. The van der Waals surface area contributed by atoms with Crippen molar-refractivity contribution in [1.29, 1.82) is 0 Å². The highest BCUT2D eigenvalue weighted by atomic mass is 16.5. The Morgan fingerprint density at radius 2 is 1.14 bits per heavy atom.